The Morgan fingerprint density at radius 3 is 2.84 bits per heavy atom. The molecular formula is C20H18FN7O4. The quantitative estimate of drug-likeness (QED) is 0.592. The minimum Gasteiger partial charge on any atom is -0.383 e. The van der Waals surface area contributed by atoms with Crippen molar-refractivity contribution in [3.8, 4) is 6.07 Å². The summed E-state index contributed by atoms with van der Waals surface area (Å²) in [7, 11) is 1.51. The summed E-state index contributed by atoms with van der Waals surface area (Å²) in [4.78, 5) is 44.2. The number of amides is 2. The molecule has 0 aliphatic carbocycles. The lowest BCUT2D eigenvalue weighted by atomic mass is 10.2. The number of fused-ring (bicyclic) bond motifs is 2. The predicted molar refractivity (Wildman–Crippen MR) is 108 cm³/mol. The first kappa shape index (κ1) is 21.1. The highest BCUT2D eigenvalue weighted by atomic mass is 19.1. The second-order valence-electron chi connectivity index (χ2n) is 7.28. The highest BCUT2D eigenvalue weighted by Crippen LogP contribution is 2.24. The van der Waals surface area contributed by atoms with Crippen molar-refractivity contribution < 1.29 is 18.7 Å². The molecule has 12 heteroatoms. The van der Waals surface area contributed by atoms with Crippen LogP contribution >= 0.6 is 0 Å². The van der Waals surface area contributed by atoms with Crippen LogP contribution in [0, 0.1) is 17.1 Å². The van der Waals surface area contributed by atoms with Gasteiger partial charge in [-0.2, -0.15) is 14.9 Å². The monoisotopic (exact) mass is 439 g/mol. The molecule has 0 aromatic carbocycles. The van der Waals surface area contributed by atoms with Crippen LogP contribution in [-0.4, -0.2) is 55.6 Å². The number of nitrogens with one attached hydrogen (secondary N) is 1. The highest BCUT2D eigenvalue weighted by Gasteiger charge is 2.37. The van der Waals surface area contributed by atoms with Gasteiger partial charge >= 0.3 is 0 Å². The number of rotatable bonds is 6. The Morgan fingerprint density at radius 1 is 1.41 bits per heavy atom. The SMILES string of the molecule is COCC(C)N1Cc2c(n(CC(=O)Nc3ccc(F)cn3)c3cc(C#N)nn3c2=O)C1=O. The third kappa shape index (κ3) is 3.58. The second kappa shape index (κ2) is 8.20. The largest absolute Gasteiger partial charge is 0.383 e. The van der Waals surface area contributed by atoms with E-state index >= 15 is 0 Å². The van der Waals surface area contributed by atoms with Gasteiger partial charge in [0.1, 0.15) is 35.6 Å². The summed E-state index contributed by atoms with van der Waals surface area (Å²) in [5, 5.41) is 15.7. The summed E-state index contributed by atoms with van der Waals surface area (Å²) in [6, 6.07) is 5.32. The molecule has 0 fully saturated rings. The number of halogens is 1. The zero-order valence-electron chi connectivity index (χ0n) is 17.2. The fourth-order valence-electron chi connectivity index (χ4n) is 3.66. The standard InChI is InChI=1S/C20H18FN7O4/c1-11(10-32-2)26-8-14-18(20(26)31)27(17-5-13(6-22)25-28(17)19(14)30)9-16(29)24-15-4-3-12(21)7-23-15/h3-5,7,11H,8-10H2,1-2H3,(H,23,24,29). The van der Waals surface area contributed by atoms with Crippen LogP contribution in [0.25, 0.3) is 5.65 Å². The van der Waals surface area contributed by atoms with E-state index in [1.807, 2.05) is 6.07 Å². The van der Waals surface area contributed by atoms with Gasteiger partial charge in [0.15, 0.2) is 5.69 Å². The Balaban J connectivity index is 1.78. The van der Waals surface area contributed by atoms with E-state index in [0.717, 1.165) is 16.8 Å². The average molecular weight is 439 g/mol. The van der Waals surface area contributed by atoms with Crippen molar-refractivity contribution in [3.63, 3.8) is 0 Å². The van der Waals surface area contributed by atoms with Crippen molar-refractivity contribution in [1.82, 2.24) is 24.1 Å². The van der Waals surface area contributed by atoms with Crippen LogP contribution in [0.5, 0.6) is 0 Å². The number of anilines is 1. The van der Waals surface area contributed by atoms with Gasteiger partial charge in [-0.25, -0.2) is 9.37 Å². The maximum Gasteiger partial charge on any atom is 0.280 e. The van der Waals surface area contributed by atoms with Crippen molar-refractivity contribution in [2.45, 2.75) is 26.1 Å². The molecule has 2 amide bonds. The molecule has 0 spiro atoms. The van der Waals surface area contributed by atoms with Crippen LogP contribution in [0.15, 0.2) is 29.2 Å². The van der Waals surface area contributed by atoms with Crippen molar-refractivity contribution in [1.29, 1.82) is 5.26 Å². The fraction of sp³-hybridized carbons (Fsp3) is 0.300. The number of nitrogens with zero attached hydrogens (tertiary/aromatic N) is 6. The fourth-order valence-corrected chi connectivity index (χ4v) is 3.66. The normalized spacial score (nSPS) is 13.8. The van der Waals surface area contributed by atoms with Crippen molar-refractivity contribution in [2.75, 3.05) is 19.0 Å². The van der Waals surface area contributed by atoms with Crippen LogP contribution in [0.2, 0.25) is 0 Å². The van der Waals surface area contributed by atoms with Crippen molar-refractivity contribution in [3.05, 3.63) is 57.5 Å². The average Bonchev–Trinajstić information content (AvgIpc) is 3.35. The van der Waals surface area contributed by atoms with E-state index in [2.05, 4.69) is 15.4 Å². The maximum absolute atomic E-state index is 13.2. The summed E-state index contributed by atoms with van der Waals surface area (Å²) in [5.41, 5.74) is -0.212. The zero-order chi connectivity index (χ0) is 23.0. The van der Waals surface area contributed by atoms with Crippen molar-refractivity contribution in [2.24, 2.45) is 0 Å². The van der Waals surface area contributed by atoms with Crippen LogP contribution in [-0.2, 0) is 22.6 Å². The number of pyridine rings is 1. The van der Waals surface area contributed by atoms with Crippen LogP contribution in [0.1, 0.15) is 28.7 Å². The van der Waals surface area contributed by atoms with E-state index in [-0.39, 0.29) is 54.2 Å². The summed E-state index contributed by atoms with van der Waals surface area (Å²) in [6.07, 6.45) is 0.958. The molecule has 1 N–H and O–H groups in total. The number of hydrogen-bond donors (Lipinski definition) is 1. The summed E-state index contributed by atoms with van der Waals surface area (Å²) < 4.78 is 20.6. The van der Waals surface area contributed by atoms with Gasteiger partial charge in [0, 0.05) is 13.2 Å². The number of aromatic nitrogens is 4. The molecular weight excluding hydrogens is 421 g/mol. The van der Waals surface area contributed by atoms with Gasteiger partial charge in [-0.05, 0) is 19.1 Å². The molecule has 3 aromatic rings. The molecule has 164 valence electrons. The van der Waals surface area contributed by atoms with Crippen LogP contribution in [0.3, 0.4) is 0 Å². The Hall–Kier alpha value is -4.11. The Labute approximate surface area is 180 Å². The van der Waals surface area contributed by atoms with Gasteiger partial charge in [-0.3, -0.25) is 14.4 Å². The first-order valence-electron chi connectivity index (χ1n) is 9.61. The van der Waals surface area contributed by atoms with Gasteiger partial charge in [-0.1, -0.05) is 0 Å². The lowest BCUT2D eigenvalue weighted by molar-refractivity contribution is -0.116. The first-order chi connectivity index (χ1) is 15.3. The number of methoxy groups -OCH3 is 1. The van der Waals surface area contributed by atoms with E-state index in [9.17, 15) is 24.0 Å². The van der Waals surface area contributed by atoms with Gasteiger partial charge in [0.25, 0.3) is 11.5 Å². The Morgan fingerprint density at radius 2 is 2.19 bits per heavy atom. The van der Waals surface area contributed by atoms with Crippen molar-refractivity contribution >= 4 is 23.3 Å². The summed E-state index contributed by atoms with van der Waals surface area (Å²) >= 11 is 0. The molecule has 0 saturated heterocycles. The minimum atomic E-state index is -0.562. The number of nitriles is 1. The van der Waals surface area contributed by atoms with Gasteiger partial charge in [-0.15, -0.1) is 0 Å². The lowest BCUT2D eigenvalue weighted by Crippen LogP contribution is -2.37. The number of carbonyl (C=O) groups excluding carboxylic acids is 2. The number of carbonyl (C=O) groups is 2. The number of hydrogen-bond acceptors (Lipinski definition) is 7. The molecule has 1 aliphatic heterocycles. The molecule has 32 heavy (non-hydrogen) atoms. The third-order valence-electron chi connectivity index (χ3n) is 5.12. The molecule has 4 rings (SSSR count). The first-order valence-corrected chi connectivity index (χ1v) is 9.61. The molecule has 1 aliphatic rings. The van der Waals surface area contributed by atoms with Crippen LogP contribution < -0.4 is 10.9 Å². The maximum atomic E-state index is 13.2. The van der Waals surface area contributed by atoms with E-state index < -0.39 is 23.2 Å². The lowest BCUT2D eigenvalue weighted by Gasteiger charge is -2.23. The molecule has 0 saturated carbocycles. The smallest absolute Gasteiger partial charge is 0.280 e. The third-order valence-corrected chi connectivity index (χ3v) is 5.12. The van der Waals surface area contributed by atoms with E-state index in [4.69, 9.17) is 4.74 Å². The Kier molecular flexibility index (Phi) is 5.41. The molecule has 0 bridgehead atoms. The molecule has 1 unspecified atom stereocenters. The molecule has 4 heterocycles. The van der Waals surface area contributed by atoms with Gasteiger partial charge in [0.05, 0.1) is 31.0 Å². The molecule has 3 aromatic heterocycles. The minimum absolute atomic E-state index is 0.0242. The topological polar surface area (TPSA) is 135 Å². The number of ether oxygens (including phenoxy) is 1. The molecule has 1 atom stereocenters. The predicted octanol–water partition coefficient (Wildman–Crippen LogP) is 0.531. The molecule has 0 radical (unpaired) electrons. The Bertz CT molecular complexity index is 1320. The van der Waals surface area contributed by atoms with Gasteiger partial charge in [0.2, 0.25) is 5.91 Å². The van der Waals surface area contributed by atoms with E-state index in [1.54, 1.807) is 6.92 Å². The summed E-state index contributed by atoms with van der Waals surface area (Å²) in [5.74, 6) is -1.43. The summed E-state index contributed by atoms with van der Waals surface area (Å²) in [6.45, 7) is 1.71. The van der Waals surface area contributed by atoms with Crippen LogP contribution in [0.4, 0.5) is 10.2 Å². The second-order valence-corrected chi connectivity index (χ2v) is 7.28. The molecule has 11 nitrogen and oxygen atoms in total. The van der Waals surface area contributed by atoms with E-state index in [1.165, 1.54) is 28.7 Å². The zero-order valence-corrected chi connectivity index (χ0v) is 17.2. The van der Waals surface area contributed by atoms with Gasteiger partial charge < -0.3 is 19.5 Å². The van der Waals surface area contributed by atoms with E-state index in [0.29, 0.717) is 0 Å². The highest BCUT2D eigenvalue weighted by molar-refractivity contribution is 5.98.